The molecule has 1 aromatic heterocycles. The van der Waals surface area contributed by atoms with Crippen molar-refractivity contribution >= 4 is 23.3 Å². The van der Waals surface area contributed by atoms with Gasteiger partial charge in [0.05, 0.1) is 12.5 Å². The molecule has 21 heavy (non-hydrogen) atoms. The van der Waals surface area contributed by atoms with Gasteiger partial charge in [0.1, 0.15) is 5.82 Å². The van der Waals surface area contributed by atoms with Crippen LogP contribution in [0.25, 0.3) is 0 Å². The summed E-state index contributed by atoms with van der Waals surface area (Å²) in [6, 6.07) is 13.4. The van der Waals surface area contributed by atoms with Crippen molar-refractivity contribution < 1.29 is 4.79 Å². The molecule has 4 nitrogen and oxygen atoms in total. The Kier molecular flexibility index (Phi) is 4.06. The predicted molar refractivity (Wildman–Crippen MR) is 83.5 cm³/mol. The Morgan fingerprint density at radius 1 is 1.24 bits per heavy atom. The fourth-order valence-corrected chi connectivity index (χ4v) is 2.49. The minimum absolute atomic E-state index is 0.0444. The molecule has 1 amide bonds. The van der Waals surface area contributed by atoms with E-state index in [-0.39, 0.29) is 11.9 Å². The Morgan fingerprint density at radius 3 is 2.67 bits per heavy atom. The lowest BCUT2D eigenvalue weighted by Crippen LogP contribution is -2.59. The van der Waals surface area contributed by atoms with Crippen molar-refractivity contribution in [1.29, 1.82) is 0 Å². The third kappa shape index (κ3) is 3.52. The minimum atomic E-state index is 0.0444. The summed E-state index contributed by atoms with van der Waals surface area (Å²) in [5.41, 5.74) is 0.970. The zero-order valence-electron chi connectivity index (χ0n) is 11.5. The number of anilines is 1. The molecule has 2 aromatic rings. The number of hydrogen-bond donors (Lipinski definition) is 1. The number of carbonyl (C=O) groups is 1. The number of rotatable bonds is 4. The number of hydrogen-bond acceptors (Lipinski definition) is 3. The summed E-state index contributed by atoms with van der Waals surface area (Å²) >= 11 is 5.83. The van der Waals surface area contributed by atoms with E-state index in [1.54, 1.807) is 18.3 Å². The molecule has 5 heteroatoms. The summed E-state index contributed by atoms with van der Waals surface area (Å²) in [5, 5.41) is 3.72. The van der Waals surface area contributed by atoms with E-state index in [1.165, 1.54) is 0 Å². The van der Waals surface area contributed by atoms with Crippen LogP contribution in [0.15, 0.2) is 48.7 Å². The minimum Gasteiger partial charge on any atom is -0.352 e. The summed E-state index contributed by atoms with van der Waals surface area (Å²) in [6.45, 7) is 1.62. The molecule has 0 bridgehead atoms. The second-order valence-electron chi connectivity index (χ2n) is 5.16. The van der Waals surface area contributed by atoms with E-state index >= 15 is 0 Å². The van der Waals surface area contributed by atoms with Crippen LogP contribution in [0.3, 0.4) is 0 Å². The largest absolute Gasteiger partial charge is 0.352 e. The molecular weight excluding hydrogens is 286 g/mol. The van der Waals surface area contributed by atoms with E-state index in [9.17, 15) is 4.79 Å². The maximum absolute atomic E-state index is 12.0. The number of aromatic nitrogens is 1. The lowest BCUT2D eigenvalue weighted by molar-refractivity contribution is -0.121. The van der Waals surface area contributed by atoms with E-state index in [2.05, 4.69) is 15.2 Å². The van der Waals surface area contributed by atoms with Gasteiger partial charge in [-0.1, -0.05) is 29.8 Å². The first kappa shape index (κ1) is 13.9. The lowest BCUT2D eigenvalue weighted by Gasteiger charge is -2.40. The van der Waals surface area contributed by atoms with Gasteiger partial charge in [-0.05, 0) is 29.8 Å². The first-order valence-electron chi connectivity index (χ1n) is 6.90. The summed E-state index contributed by atoms with van der Waals surface area (Å²) in [7, 11) is 0. The summed E-state index contributed by atoms with van der Waals surface area (Å²) in [4.78, 5) is 18.4. The zero-order valence-corrected chi connectivity index (χ0v) is 12.3. The Balaban J connectivity index is 1.46. The molecule has 108 valence electrons. The molecular formula is C16H16ClN3O. The molecule has 0 radical (unpaired) electrons. The fourth-order valence-electron chi connectivity index (χ4n) is 2.36. The molecule has 0 aliphatic carbocycles. The van der Waals surface area contributed by atoms with Crippen LogP contribution < -0.4 is 10.2 Å². The first-order chi connectivity index (χ1) is 10.2. The molecule has 1 aromatic carbocycles. The van der Waals surface area contributed by atoms with Gasteiger partial charge < -0.3 is 10.2 Å². The van der Waals surface area contributed by atoms with Crippen LogP contribution in [0, 0.1) is 0 Å². The summed E-state index contributed by atoms with van der Waals surface area (Å²) in [5.74, 6) is 1.00. The topological polar surface area (TPSA) is 45.2 Å². The van der Waals surface area contributed by atoms with Gasteiger partial charge in [-0.25, -0.2) is 4.98 Å². The Hall–Kier alpha value is -2.07. The van der Waals surface area contributed by atoms with Crippen molar-refractivity contribution in [3.05, 3.63) is 59.2 Å². The Labute approximate surface area is 128 Å². The smallest absolute Gasteiger partial charge is 0.224 e. The molecule has 0 spiro atoms. The number of benzene rings is 1. The standard InChI is InChI=1S/C16H16ClN3O/c17-13-6-4-12(5-7-13)9-16(21)19-14-10-20(11-14)15-3-1-2-8-18-15/h1-8,14H,9-11H2,(H,19,21). The van der Waals surface area contributed by atoms with Crippen molar-refractivity contribution in [3.8, 4) is 0 Å². The highest BCUT2D eigenvalue weighted by molar-refractivity contribution is 6.30. The molecule has 0 unspecified atom stereocenters. The molecule has 1 aliphatic heterocycles. The SMILES string of the molecule is O=C(Cc1ccc(Cl)cc1)NC1CN(c2ccccn2)C1. The monoisotopic (exact) mass is 301 g/mol. The molecule has 1 aliphatic rings. The molecule has 0 saturated carbocycles. The normalized spacial score (nSPS) is 14.6. The van der Waals surface area contributed by atoms with Gasteiger partial charge in [0.15, 0.2) is 0 Å². The van der Waals surface area contributed by atoms with Crippen LogP contribution in [0.5, 0.6) is 0 Å². The van der Waals surface area contributed by atoms with E-state index in [4.69, 9.17) is 11.6 Å². The van der Waals surface area contributed by atoms with Gasteiger partial charge >= 0.3 is 0 Å². The number of nitrogens with one attached hydrogen (secondary N) is 1. The quantitative estimate of drug-likeness (QED) is 0.942. The van der Waals surface area contributed by atoms with Gasteiger partial charge in [0.25, 0.3) is 0 Å². The molecule has 1 N–H and O–H groups in total. The molecule has 1 fully saturated rings. The maximum atomic E-state index is 12.0. The van der Waals surface area contributed by atoms with Gasteiger partial charge in [-0.2, -0.15) is 0 Å². The summed E-state index contributed by atoms with van der Waals surface area (Å²) in [6.07, 6.45) is 2.17. The van der Waals surface area contributed by atoms with Gasteiger partial charge in [-0.15, -0.1) is 0 Å². The third-order valence-corrected chi connectivity index (χ3v) is 3.75. The second-order valence-corrected chi connectivity index (χ2v) is 5.60. The average Bonchev–Trinajstić information content (AvgIpc) is 2.46. The van der Waals surface area contributed by atoms with Crippen LogP contribution >= 0.6 is 11.6 Å². The van der Waals surface area contributed by atoms with Crippen LogP contribution in [0.2, 0.25) is 5.02 Å². The summed E-state index contributed by atoms with van der Waals surface area (Å²) < 4.78 is 0. The van der Waals surface area contributed by atoms with Crippen molar-refractivity contribution in [2.45, 2.75) is 12.5 Å². The van der Waals surface area contributed by atoms with Gasteiger partial charge in [0, 0.05) is 24.3 Å². The highest BCUT2D eigenvalue weighted by Gasteiger charge is 2.28. The molecule has 3 rings (SSSR count). The average molecular weight is 302 g/mol. The van der Waals surface area contributed by atoms with Crippen LogP contribution in [-0.4, -0.2) is 30.0 Å². The van der Waals surface area contributed by atoms with E-state index in [0.717, 1.165) is 24.5 Å². The Morgan fingerprint density at radius 2 is 2.00 bits per heavy atom. The van der Waals surface area contributed by atoms with E-state index in [0.29, 0.717) is 11.4 Å². The van der Waals surface area contributed by atoms with E-state index in [1.807, 2.05) is 30.3 Å². The van der Waals surface area contributed by atoms with Crippen molar-refractivity contribution in [2.75, 3.05) is 18.0 Å². The number of carbonyl (C=O) groups excluding carboxylic acids is 1. The second kappa shape index (κ2) is 6.14. The highest BCUT2D eigenvalue weighted by Crippen LogP contribution is 2.17. The zero-order chi connectivity index (χ0) is 14.7. The highest BCUT2D eigenvalue weighted by atomic mass is 35.5. The first-order valence-corrected chi connectivity index (χ1v) is 7.28. The third-order valence-electron chi connectivity index (χ3n) is 3.50. The maximum Gasteiger partial charge on any atom is 0.224 e. The Bertz CT molecular complexity index is 609. The van der Waals surface area contributed by atoms with Crippen LogP contribution in [-0.2, 0) is 11.2 Å². The number of halogens is 1. The van der Waals surface area contributed by atoms with E-state index < -0.39 is 0 Å². The van der Waals surface area contributed by atoms with Crippen molar-refractivity contribution in [2.24, 2.45) is 0 Å². The van der Waals surface area contributed by atoms with Crippen LogP contribution in [0.1, 0.15) is 5.56 Å². The lowest BCUT2D eigenvalue weighted by atomic mass is 10.1. The number of pyridine rings is 1. The predicted octanol–water partition coefficient (Wildman–Crippen LogP) is 2.28. The fraction of sp³-hybridized carbons (Fsp3) is 0.250. The molecule has 2 heterocycles. The van der Waals surface area contributed by atoms with Gasteiger partial charge in [0.2, 0.25) is 5.91 Å². The van der Waals surface area contributed by atoms with Gasteiger partial charge in [-0.3, -0.25) is 4.79 Å². The van der Waals surface area contributed by atoms with Crippen molar-refractivity contribution in [1.82, 2.24) is 10.3 Å². The van der Waals surface area contributed by atoms with Crippen LogP contribution in [0.4, 0.5) is 5.82 Å². The number of nitrogens with zero attached hydrogens (tertiary/aromatic N) is 2. The molecule has 0 atom stereocenters. The molecule has 1 saturated heterocycles. The van der Waals surface area contributed by atoms with Crippen molar-refractivity contribution in [3.63, 3.8) is 0 Å². The number of amides is 1.